The average molecular weight is 485 g/mol. The van der Waals surface area contributed by atoms with Crippen LogP contribution in [0.4, 0.5) is 36.4 Å². The number of nitrogens with zero attached hydrogens (tertiary/aromatic N) is 4. The molecule has 1 N–H and O–H groups in total. The molecular formula is C20H10F7N5O2. The molecule has 0 atom stereocenters. The van der Waals surface area contributed by atoms with E-state index in [9.17, 15) is 35.5 Å². The van der Waals surface area contributed by atoms with Crippen molar-refractivity contribution in [1.82, 2.24) is 19.9 Å². The minimum absolute atomic E-state index is 0.0139. The van der Waals surface area contributed by atoms with Crippen LogP contribution in [0.1, 0.15) is 21.9 Å². The van der Waals surface area contributed by atoms with E-state index in [1.54, 1.807) is 0 Å². The number of carbonyl (C=O) groups excluding carboxylic acids is 1. The molecule has 2 aromatic heterocycles. The summed E-state index contributed by atoms with van der Waals surface area (Å²) < 4.78 is 97.4. The van der Waals surface area contributed by atoms with Crippen LogP contribution in [0.2, 0.25) is 0 Å². The van der Waals surface area contributed by atoms with Crippen molar-refractivity contribution in [2.24, 2.45) is 0 Å². The fourth-order valence-electron chi connectivity index (χ4n) is 2.95. The standard InChI is InChI=1S/C20H10F7N5O2/c21-13-3-1-2-4-14(13)32-15(19(22,23)24)12(9-28-32)17(33)29-11-7-5-10(6-8-11)16-30-18(34-31-16)20(25,26)27/h1-9H,(H,29,33). The van der Waals surface area contributed by atoms with Gasteiger partial charge >= 0.3 is 18.2 Å². The number of carbonyl (C=O) groups is 1. The van der Waals surface area contributed by atoms with Gasteiger partial charge in [-0.15, -0.1) is 0 Å². The molecule has 14 heteroatoms. The summed E-state index contributed by atoms with van der Waals surface area (Å²) in [6.07, 6.45) is -9.23. The van der Waals surface area contributed by atoms with Gasteiger partial charge in [-0.1, -0.05) is 17.3 Å². The quantitative estimate of drug-likeness (QED) is 0.394. The Bertz CT molecular complexity index is 1340. The summed E-state index contributed by atoms with van der Waals surface area (Å²) in [5.41, 5.74) is -2.75. The highest BCUT2D eigenvalue weighted by atomic mass is 19.4. The van der Waals surface area contributed by atoms with Crippen LogP contribution in [0.3, 0.4) is 0 Å². The van der Waals surface area contributed by atoms with E-state index in [4.69, 9.17) is 0 Å². The first-order valence-electron chi connectivity index (χ1n) is 9.18. The van der Waals surface area contributed by atoms with E-state index in [1.165, 1.54) is 36.4 Å². The van der Waals surface area contributed by atoms with Gasteiger partial charge in [0.25, 0.3) is 5.91 Å². The van der Waals surface area contributed by atoms with Crippen molar-refractivity contribution < 1.29 is 40.1 Å². The maximum absolute atomic E-state index is 14.0. The highest BCUT2D eigenvalue weighted by molar-refractivity contribution is 6.05. The molecule has 4 rings (SSSR count). The largest absolute Gasteiger partial charge is 0.471 e. The molecule has 0 aliphatic carbocycles. The van der Waals surface area contributed by atoms with Gasteiger partial charge in [0.2, 0.25) is 5.82 Å². The lowest BCUT2D eigenvalue weighted by Crippen LogP contribution is -2.21. The first-order valence-corrected chi connectivity index (χ1v) is 9.18. The molecule has 0 fully saturated rings. The predicted molar refractivity (Wildman–Crippen MR) is 101 cm³/mol. The molecule has 0 aliphatic rings. The van der Waals surface area contributed by atoms with Gasteiger partial charge in [-0.05, 0) is 36.4 Å². The Morgan fingerprint density at radius 1 is 0.941 bits per heavy atom. The molecule has 0 bridgehead atoms. The van der Waals surface area contributed by atoms with E-state index >= 15 is 0 Å². The third-order valence-corrected chi connectivity index (χ3v) is 4.43. The number of hydrogen-bond acceptors (Lipinski definition) is 5. The third kappa shape index (κ3) is 4.46. The van der Waals surface area contributed by atoms with Crippen molar-refractivity contribution in [3.8, 4) is 17.1 Å². The summed E-state index contributed by atoms with van der Waals surface area (Å²) in [6, 6.07) is 9.49. The van der Waals surface area contributed by atoms with Gasteiger partial charge in [0.1, 0.15) is 11.5 Å². The van der Waals surface area contributed by atoms with Crippen LogP contribution in [-0.2, 0) is 12.4 Å². The number of aromatic nitrogens is 4. The molecule has 4 aromatic rings. The fourth-order valence-corrected chi connectivity index (χ4v) is 2.95. The Balaban J connectivity index is 1.60. The number of amides is 1. The smallest absolute Gasteiger partial charge is 0.329 e. The van der Waals surface area contributed by atoms with Crippen molar-refractivity contribution in [1.29, 1.82) is 0 Å². The van der Waals surface area contributed by atoms with Crippen LogP contribution in [0.25, 0.3) is 17.1 Å². The van der Waals surface area contributed by atoms with Crippen LogP contribution in [0, 0.1) is 5.82 Å². The minimum Gasteiger partial charge on any atom is -0.329 e. The molecule has 2 heterocycles. The fraction of sp³-hybridized carbons (Fsp3) is 0.100. The summed E-state index contributed by atoms with van der Waals surface area (Å²) in [4.78, 5) is 15.8. The van der Waals surface area contributed by atoms with Crippen LogP contribution < -0.4 is 5.32 Å². The second-order valence-corrected chi connectivity index (χ2v) is 6.72. The lowest BCUT2D eigenvalue weighted by atomic mass is 10.1. The van der Waals surface area contributed by atoms with Gasteiger partial charge in [0, 0.05) is 11.3 Å². The van der Waals surface area contributed by atoms with Crippen molar-refractivity contribution in [3.63, 3.8) is 0 Å². The van der Waals surface area contributed by atoms with E-state index < -0.39 is 46.9 Å². The number of hydrogen-bond donors (Lipinski definition) is 1. The second kappa shape index (κ2) is 8.28. The molecule has 0 saturated heterocycles. The zero-order chi connectivity index (χ0) is 24.7. The van der Waals surface area contributed by atoms with E-state index in [2.05, 4.69) is 25.1 Å². The molecule has 0 saturated carbocycles. The summed E-state index contributed by atoms with van der Waals surface area (Å²) in [7, 11) is 0. The van der Waals surface area contributed by atoms with Crippen molar-refractivity contribution in [2.75, 3.05) is 5.32 Å². The number of anilines is 1. The Morgan fingerprint density at radius 2 is 1.62 bits per heavy atom. The second-order valence-electron chi connectivity index (χ2n) is 6.72. The number of benzene rings is 2. The van der Waals surface area contributed by atoms with Gasteiger partial charge in [-0.25, -0.2) is 9.07 Å². The molecule has 34 heavy (non-hydrogen) atoms. The molecule has 176 valence electrons. The SMILES string of the molecule is O=C(Nc1ccc(-c2noc(C(F)(F)F)n2)cc1)c1cnn(-c2ccccc2F)c1C(F)(F)F. The van der Waals surface area contributed by atoms with Crippen molar-refractivity contribution >= 4 is 11.6 Å². The predicted octanol–water partition coefficient (Wildman–Crippen LogP) is 5.35. The normalized spacial score (nSPS) is 12.1. The van der Waals surface area contributed by atoms with Gasteiger partial charge in [0.05, 0.1) is 11.8 Å². The molecule has 2 aromatic carbocycles. The number of nitrogens with one attached hydrogen (secondary N) is 1. The molecular weight excluding hydrogens is 475 g/mol. The minimum atomic E-state index is -5.05. The van der Waals surface area contributed by atoms with Gasteiger partial charge in [-0.2, -0.15) is 36.4 Å². The highest BCUT2D eigenvalue weighted by Crippen LogP contribution is 2.35. The Labute approximate surface area is 184 Å². The zero-order valence-electron chi connectivity index (χ0n) is 16.4. The van der Waals surface area contributed by atoms with Gasteiger partial charge < -0.3 is 9.84 Å². The maximum atomic E-state index is 14.0. The number of alkyl halides is 6. The molecule has 0 spiro atoms. The number of halogens is 7. The zero-order valence-corrected chi connectivity index (χ0v) is 16.4. The monoisotopic (exact) mass is 485 g/mol. The van der Waals surface area contributed by atoms with Crippen LogP contribution >= 0.6 is 0 Å². The first kappa shape index (κ1) is 22.9. The van der Waals surface area contributed by atoms with Crippen molar-refractivity contribution in [3.05, 3.63) is 77.7 Å². The van der Waals surface area contributed by atoms with E-state index in [-0.39, 0.29) is 21.8 Å². The van der Waals surface area contributed by atoms with Crippen molar-refractivity contribution in [2.45, 2.75) is 12.4 Å². The number of para-hydroxylation sites is 1. The topological polar surface area (TPSA) is 85.8 Å². The average Bonchev–Trinajstić information content (AvgIpc) is 3.42. The maximum Gasteiger partial charge on any atom is 0.471 e. The van der Waals surface area contributed by atoms with Gasteiger partial charge in [0.15, 0.2) is 5.69 Å². The van der Waals surface area contributed by atoms with Crippen LogP contribution in [-0.4, -0.2) is 25.8 Å². The third-order valence-electron chi connectivity index (χ3n) is 4.43. The summed E-state index contributed by atoms with van der Waals surface area (Å²) in [6.45, 7) is 0. The Morgan fingerprint density at radius 3 is 2.21 bits per heavy atom. The molecule has 7 nitrogen and oxygen atoms in total. The first-order chi connectivity index (χ1) is 15.9. The summed E-state index contributed by atoms with van der Waals surface area (Å²) in [5, 5.41) is 8.97. The van der Waals surface area contributed by atoms with Gasteiger partial charge in [-0.3, -0.25) is 4.79 Å². The molecule has 0 radical (unpaired) electrons. The van der Waals surface area contributed by atoms with Crippen LogP contribution in [0.5, 0.6) is 0 Å². The molecule has 0 aliphatic heterocycles. The van der Waals surface area contributed by atoms with E-state index in [0.29, 0.717) is 6.20 Å². The van der Waals surface area contributed by atoms with Crippen LogP contribution in [0.15, 0.2) is 59.3 Å². The lowest BCUT2D eigenvalue weighted by molar-refractivity contribution is -0.159. The Kier molecular flexibility index (Phi) is 5.59. The summed E-state index contributed by atoms with van der Waals surface area (Å²) in [5.74, 6) is -4.10. The summed E-state index contributed by atoms with van der Waals surface area (Å²) >= 11 is 0. The van der Waals surface area contributed by atoms with E-state index in [1.807, 2.05) is 0 Å². The number of rotatable bonds is 4. The Hall–Kier alpha value is -4.23. The molecule has 1 amide bonds. The highest BCUT2D eigenvalue weighted by Gasteiger charge is 2.41. The lowest BCUT2D eigenvalue weighted by Gasteiger charge is -2.13. The van der Waals surface area contributed by atoms with E-state index in [0.717, 1.165) is 12.1 Å². The molecule has 0 unspecified atom stereocenters.